The molecule has 2 aromatic rings. The van der Waals surface area contributed by atoms with Crippen LogP contribution in [0.2, 0.25) is 0 Å². The molecule has 20 heavy (non-hydrogen) atoms. The van der Waals surface area contributed by atoms with Crippen molar-refractivity contribution in [2.75, 3.05) is 19.6 Å². The topological polar surface area (TPSA) is 48.1 Å². The SMILES string of the molecule is CCN(CC)CC(C)NC(=O)c1cccc2cc[nH]c12. The van der Waals surface area contributed by atoms with Gasteiger partial charge in [0.05, 0.1) is 11.1 Å². The zero-order valence-electron chi connectivity index (χ0n) is 12.4. The third-order valence-electron chi connectivity index (χ3n) is 3.64. The number of carbonyl (C=O) groups excluding carboxylic acids is 1. The van der Waals surface area contributed by atoms with Crippen LogP contribution < -0.4 is 5.32 Å². The average Bonchev–Trinajstić information content (AvgIpc) is 2.92. The number of aromatic amines is 1. The Labute approximate surface area is 120 Å². The molecule has 4 nitrogen and oxygen atoms in total. The summed E-state index contributed by atoms with van der Waals surface area (Å²) in [5.41, 5.74) is 1.61. The summed E-state index contributed by atoms with van der Waals surface area (Å²) in [6, 6.07) is 7.89. The molecule has 1 aromatic heterocycles. The van der Waals surface area contributed by atoms with E-state index in [1.165, 1.54) is 0 Å². The van der Waals surface area contributed by atoms with E-state index in [2.05, 4.69) is 29.0 Å². The average molecular weight is 273 g/mol. The second kappa shape index (κ2) is 6.57. The predicted octanol–water partition coefficient (Wildman–Crippen LogP) is 2.63. The molecular weight excluding hydrogens is 250 g/mol. The fourth-order valence-electron chi connectivity index (χ4n) is 2.49. The van der Waals surface area contributed by atoms with Crippen molar-refractivity contribution in [1.82, 2.24) is 15.2 Å². The van der Waals surface area contributed by atoms with E-state index in [0.717, 1.165) is 30.5 Å². The molecule has 0 bridgehead atoms. The lowest BCUT2D eigenvalue weighted by Crippen LogP contribution is -2.42. The number of hydrogen-bond donors (Lipinski definition) is 2. The molecule has 0 aliphatic heterocycles. The first kappa shape index (κ1) is 14.6. The maximum atomic E-state index is 12.4. The zero-order chi connectivity index (χ0) is 14.5. The summed E-state index contributed by atoms with van der Waals surface area (Å²) in [6.45, 7) is 9.20. The Morgan fingerprint density at radius 3 is 2.75 bits per heavy atom. The highest BCUT2D eigenvalue weighted by molar-refractivity contribution is 6.05. The van der Waals surface area contributed by atoms with Crippen LogP contribution in [0.1, 0.15) is 31.1 Å². The summed E-state index contributed by atoms with van der Waals surface area (Å²) in [7, 11) is 0. The van der Waals surface area contributed by atoms with Gasteiger partial charge in [0.25, 0.3) is 5.91 Å². The van der Waals surface area contributed by atoms with Crippen LogP contribution in [-0.2, 0) is 0 Å². The van der Waals surface area contributed by atoms with Gasteiger partial charge >= 0.3 is 0 Å². The summed E-state index contributed by atoms with van der Waals surface area (Å²) in [4.78, 5) is 17.8. The third-order valence-corrected chi connectivity index (χ3v) is 3.64. The lowest BCUT2D eigenvalue weighted by molar-refractivity contribution is 0.0932. The Morgan fingerprint density at radius 2 is 2.05 bits per heavy atom. The van der Waals surface area contributed by atoms with E-state index in [0.29, 0.717) is 5.56 Å². The number of hydrogen-bond acceptors (Lipinski definition) is 2. The van der Waals surface area contributed by atoms with Gasteiger partial charge in [-0.05, 0) is 32.1 Å². The first-order chi connectivity index (χ1) is 9.65. The van der Waals surface area contributed by atoms with Gasteiger partial charge < -0.3 is 15.2 Å². The van der Waals surface area contributed by atoms with Crippen molar-refractivity contribution >= 4 is 16.8 Å². The molecule has 1 amide bonds. The van der Waals surface area contributed by atoms with E-state index in [-0.39, 0.29) is 11.9 Å². The quantitative estimate of drug-likeness (QED) is 0.850. The molecular formula is C16H23N3O. The van der Waals surface area contributed by atoms with Crippen molar-refractivity contribution in [3.63, 3.8) is 0 Å². The van der Waals surface area contributed by atoms with Crippen molar-refractivity contribution in [2.45, 2.75) is 26.8 Å². The fourth-order valence-corrected chi connectivity index (χ4v) is 2.49. The van der Waals surface area contributed by atoms with Crippen LogP contribution in [0.15, 0.2) is 30.5 Å². The van der Waals surface area contributed by atoms with Crippen LogP contribution in [0.5, 0.6) is 0 Å². The molecule has 1 unspecified atom stereocenters. The normalized spacial score (nSPS) is 12.8. The van der Waals surface area contributed by atoms with Crippen molar-refractivity contribution < 1.29 is 4.79 Å². The van der Waals surface area contributed by atoms with Gasteiger partial charge in [-0.1, -0.05) is 26.0 Å². The van der Waals surface area contributed by atoms with Crippen LogP contribution in [0, 0.1) is 0 Å². The van der Waals surface area contributed by atoms with Crippen LogP contribution in [0.25, 0.3) is 10.9 Å². The molecule has 1 heterocycles. The molecule has 0 aliphatic rings. The van der Waals surface area contributed by atoms with Gasteiger partial charge in [-0.2, -0.15) is 0 Å². The lowest BCUT2D eigenvalue weighted by Gasteiger charge is -2.23. The highest BCUT2D eigenvalue weighted by Gasteiger charge is 2.14. The Balaban J connectivity index is 2.06. The molecule has 108 valence electrons. The van der Waals surface area contributed by atoms with E-state index in [1.54, 1.807) is 0 Å². The molecule has 0 spiro atoms. The number of H-pyrrole nitrogens is 1. The van der Waals surface area contributed by atoms with Gasteiger partial charge in [0.2, 0.25) is 0 Å². The number of likely N-dealkylation sites (N-methyl/N-ethyl adjacent to an activating group) is 1. The summed E-state index contributed by atoms with van der Waals surface area (Å²) < 4.78 is 0. The molecule has 0 aliphatic carbocycles. The molecule has 4 heteroatoms. The third kappa shape index (κ3) is 3.20. The van der Waals surface area contributed by atoms with Gasteiger partial charge in [-0.25, -0.2) is 0 Å². The Morgan fingerprint density at radius 1 is 1.30 bits per heavy atom. The molecule has 0 saturated carbocycles. The summed E-state index contributed by atoms with van der Waals surface area (Å²) >= 11 is 0. The number of benzene rings is 1. The monoisotopic (exact) mass is 273 g/mol. The van der Waals surface area contributed by atoms with Crippen molar-refractivity contribution in [2.24, 2.45) is 0 Å². The summed E-state index contributed by atoms with van der Waals surface area (Å²) in [6.07, 6.45) is 1.86. The van der Waals surface area contributed by atoms with E-state index in [9.17, 15) is 4.79 Å². The second-order valence-electron chi connectivity index (χ2n) is 5.11. The molecule has 0 radical (unpaired) electrons. The van der Waals surface area contributed by atoms with Gasteiger partial charge in [0.15, 0.2) is 0 Å². The summed E-state index contributed by atoms with van der Waals surface area (Å²) in [5, 5.41) is 4.14. The molecule has 1 aromatic carbocycles. The number of amides is 1. The minimum Gasteiger partial charge on any atom is -0.361 e. The molecule has 2 rings (SSSR count). The standard InChI is InChI=1S/C16H23N3O/c1-4-19(5-2)11-12(3)18-16(20)14-8-6-7-13-9-10-17-15(13)14/h6-10,12,17H,4-5,11H2,1-3H3,(H,18,20). The lowest BCUT2D eigenvalue weighted by atomic mass is 10.1. The number of para-hydroxylation sites is 1. The predicted molar refractivity (Wildman–Crippen MR) is 83.0 cm³/mol. The minimum absolute atomic E-state index is 0.0160. The van der Waals surface area contributed by atoms with Crippen LogP contribution >= 0.6 is 0 Å². The smallest absolute Gasteiger partial charge is 0.253 e. The second-order valence-corrected chi connectivity index (χ2v) is 5.11. The van der Waals surface area contributed by atoms with Gasteiger partial charge in [0, 0.05) is 24.2 Å². The maximum Gasteiger partial charge on any atom is 0.253 e. The maximum absolute atomic E-state index is 12.4. The highest BCUT2D eigenvalue weighted by atomic mass is 16.1. The van der Waals surface area contributed by atoms with Crippen molar-refractivity contribution in [3.8, 4) is 0 Å². The number of nitrogens with one attached hydrogen (secondary N) is 2. The Bertz CT molecular complexity index is 572. The van der Waals surface area contributed by atoms with Crippen LogP contribution in [-0.4, -0.2) is 41.5 Å². The van der Waals surface area contributed by atoms with E-state index in [1.807, 2.05) is 37.4 Å². The summed E-state index contributed by atoms with van der Waals surface area (Å²) in [5.74, 6) is -0.0160. The zero-order valence-corrected chi connectivity index (χ0v) is 12.4. The number of rotatable bonds is 6. The van der Waals surface area contributed by atoms with Crippen LogP contribution in [0.4, 0.5) is 0 Å². The molecule has 0 fully saturated rings. The molecule has 1 atom stereocenters. The van der Waals surface area contributed by atoms with E-state index >= 15 is 0 Å². The first-order valence-electron chi connectivity index (χ1n) is 7.25. The number of carbonyl (C=O) groups is 1. The first-order valence-corrected chi connectivity index (χ1v) is 7.25. The van der Waals surface area contributed by atoms with Crippen molar-refractivity contribution in [1.29, 1.82) is 0 Å². The Kier molecular flexibility index (Phi) is 4.79. The Hall–Kier alpha value is -1.81. The highest BCUT2D eigenvalue weighted by Crippen LogP contribution is 2.16. The van der Waals surface area contributed by atoms with Gasteiger partial charge in [0.1, 0.15) is 0 Å². The van der Waals surface area contributed by atoms with Gasteiger partial charge in [-0.3, -0.25) is 4.79 Å². The van der Waals surface area contributed by atoms with Gasteiger partial charge in [-0.15, -0.1) is 0 Å². The number of nitrogens with zero attached hydrogens (tertiary/aromatic N) is 1. The van der Waals surface area contributed by atoms with E-state index in [4.69, 9.17) is 0 Å². The number of fused-ring (bicyclic) bond motifs is 1. The molecule has 2 N–H and O–H groups in total. The van der Waals surface area contributed by atoms with Crippen LogP contribution in [0.3, 0.4) is 0 Å². The van der Waals surface area contributed by atoms with Crippen molar-refractivity contribution in [3.05, 3.63) is 36.0 Å². The number of aromatic nitrogens is 1. The van der Waals surface area contributed by atoms with E-state index < -0.39 is 0 Å². The fraction of sp³-hybridized carbons (Fsp3) is 0.438. The minimum atomic E-state index is -0.0160. The largest absolute Gasteiger partial charge is 0.361 e. The molecule has 0 saturated heterocycles.